The van der Waals surface area contributed by atoms with E-state index in [1.807, 2.05) is 0 Å². The van der Waals surface area contributed by atoms with Gasteiger partial charge in [0.25, 0.3) is 10.0 Å². The molecule has 1 aliphatic heterocycles. The van der Waals surface area contributed by atoms with Gasteiger partial charge in [-0.2, -0.15) is 4.31 Å². The quantitative estimate of drug-likeness (QED) is 0.642. The van der Waals surface area contributed by atoms with Crippen molar-refractivity contribution in [3.05, 3.63) is 77.2 Å². The molecule has 2 aromatic carbocycles. The molecule has 158 valence electrons. The number of benzene rings is 2. The van der Waals surface area contributed by atoms with Crippen LogP contribution in [0.1, 0.15) is 11.5 Å². The molecule has 1 aromatic heterocycles. The number of aryl methyl sites for hydroxylation is 1. The van der Waals surface area contributed by atoms with Crippen molar-refractivity contribution in [3.8, 4) is 0 Å². The van der Waals surface area contributed by atoms with Gasteiger partial charge in [-0.1, -0.05) is 23.7 Å². The molecular weight excluding hydrogens is 434 g/mol. The van der Waals surface area contributed by atoms with Crippen molar-refractivity contribution in [1.29, 1.82) is 0 Å². The molecule has 1 aliphatic rings. The van der Waals surface area contributed by atoms with E-state index in [0.29, 0.717) is 5.69 Å². The number of aromatic nitrogens is 2. The van der Waals surface area contributed by atoms with Crippen LogP contribution in [-0.4, -0.2) is 41.4 Å². The molecule has 0 spiro atoms. The van der Waals surface area contributed by atoms with Gasteiger partial charge >= 0.3 is 0 Å². The number of anilines is 1. The van der Waals surface area contributed by atoms with Crippen molar-refractivity contribution < 1.29 is 17.2 Å². The third-order valence-electron chi connectivity index (χ3n) is 5.08. The van der Waals surface area contributed by atoms with Gasteiger partial charge in [0.1, 0.15) is 11.6 Å². The van der Waals surface area contributed by atoms with Crippen LogP contribution in [0.5, 0.6) is 0 Å². The van der Waals surface area contributed by atoms with Crippen molar-refractivity contribution in [2.75, 3.05) is 18.4 Å². The van der Waals surface area contributed by atoms with Crippen molar-refractivity contribution in [3.63, 3.8) is 0 Å². The van der Waals surface area contributed by atoms with E-state index in [-0.39, 0.29) is 40.9 Å². The Bertz CT molecular complexity index is 1150. The number of hydrogen-bond acceptors (Lipinski definition) is 4. The van der Waals surface area contributed by atoms with Gasteiger partial charge in [-0.25, -0.2) is 22.2 Å². The Morgan fingerprint density at radius 1 is 1.10 bits per heavy atom. The molecule has 10 heteroatoms. The third-order valence-corrected chi connectivity index (χ3v) is 7.02. The smallest absolute Gasteiger partial charge is 0.262 e. The number of sulfonamides is 1. The molecule has 30 heavy (non-hydrogen) atoms. The largest absolute Gasteiger partial charge is 0.380 e. The summed E-state index contributed by atoms with van der Waals surface area (Å²) >= 11 is 5.95. The van der Waals surface area contributed by atoms with Crippen molar-refractivity contribution in [1.82, 2.24) is 13.9 Å². The van der Waals surface area contributed by atoms with E-state index in [4.69, 9.17) is 11.6 Å². The van der Waals surface area contributed by atoms with Crippen LogP contribution in [0.3, 0.4) is 0 Å². The maximum Gasteiger partial charge on any atom is 0.262 e. The summed E-state index contributed by atoms with van der Waals surface area (Å²) in [5.74, 6) is -1.17. The Kier molecular flexibility index (Phi) is 5.52. The minimum atomic E-state index is -3.82. The van der Waals surface area contributed by atoms with Gasteiger partial charge in [0.15, 0.2) is 5.03 Å². The van der Waals surface area contributed by atoms with Crippen molar-refractivity contribution >= 4 is 27.3 Å². The van der Waals surface area contributed by atoms with Crippen LogP contribution in [-0.2, 0) is 17.1 Å². The molecule has 0 amide bonds. The second-order valence-corrected chi connectivity index (χ2v) is 9.59. The predicted molar refractivity (Wildman–Crippen MR) is 110 cm³/mol. The molecule has 6 nitrogen and oxygen atoms in total. The fourth-order valence-corrected chi connectivity index (χ4v) is 5.34. The summed E-state index contributed by atoms with van der Waals surface area (Å²) in [4.78, 5) is 3.97. The summed E-state index contributed by atoms with van der Waals surface area (Å²) in [7, 11) is -2.13. The average molecular weight is 453 g/mol. The lowest BCUT2D eigenvalue weighted by Gasteiger charge is -2.21. The number of hydrogen-bond donors (Lipinski definition) is 1. The molecule has 3 aromatic rings. The van der Waals surface area contributed by atoms with Gasteiger partial charge in [0.2, 0.25) is 0 Å². The van der Waals surface area contributed by atoms with E-state index in [1.54, 1.807) is 29.8 Å². The van der Waals surface area contributed by atoms with Gasteiger partial charge in [0, 0.05) is 49.0 Å². The summed E-state index contributed by atoms with van der Waals surface area (Å²) in [5.41, 5.74) is 1.21. The van der Waals surface area contributed by atoms with Crippen LogP contribution in [0.2, 0.25) is 5.02 Å². The summed E-state index contributed by atoms with van der Waals surface area (Å²) in [6.45, 7) is 0.306. The fraction of sp³-hybridized carbons (Fsp3) is 0.250. The predicted octanol–water partition coefficient (Wildman–Crippen LogP) is 3.62. The molecule has 2 atom stereocenters. The fourth-order valence-electron chi connectivity index (χ4n) is 3.66. The van der Waals surface area contributed by atoms with Gasteiger partial charge in [-0.15, -0.1) is 0 Å². The highest BCUT2D eigenvalue weighted by atomic mass is 35.5. The van der Waals surface area contributed by atoms with E-state index >= 15 is 0 Å². The normalized spacial score (nSPS) is 19.9. The Hall–Kier alpha value is -2.49. The molecule has 0 unspecified atom stereocenters. The first-order chi connectivity index (χ1) is 14.2. The highest BCUT2D eigenvalue weighted by Crippen LogP contribution is 2.33. The lowest BCUT2D eigenvalue weighted by atomic mass is 9.94. The minimum absolute atomic E-state index is 0.0442. The maximum atomic E-state index is 13.8. The first-order valence-corrected chi connectivity index (χ1v) is 11.0. The summed E-state index contributed by atoms with van der Waals surface area (Å²) in [5, 5.41) is 3.38. The van der Waals surface area contributed by atoms with Crippen LogP contribution in [0, 0.1) is 11.6 Å². The van der Waals surface area contributed by atoms with Crippen molar-refractivity contribution in [2.24, 2.45) is 7.05 Å². The number of imidazole rings is 1. The molecule has 1 fully saturated rings. The SMILES string of the molecule is Cn1cnc(S(=O)(=O)N2C[C@H](Nc3cc(F)cc(Cl)c3)[C@@H](c3ccc(F)cc3)C2)c1. The topological polar surface area (TPSA) is 67.2 Å². The molecule has 2 heterocycles. The van der Waals surface area contributed by atoms with Crippen molar-refractivity contribution in [2.45, 2.75) is 17.0 Å². The number of nitrogens with one attached hydrogen (secondary N) is 1. The molecule has 0 bridgehead atoms. The molecule has 0 aliphatic carbocycles. The molecule has 1 N–H and O–H groups in total. The number of halogens is 3. The van der Waals surface area contributed by atoms with Gasteiger partial charge < -0.3 is 9.88 Å². The van der Waals surface area contributed by atoms with Gasteiger partial charge in [-0.3, -0.25) is 0 Å². The Balaban J connectivity index is 1.67. The summed E-state index contributed by atoms with van der Waals surface area (Å²) in [6.07, 6.45) is 2.86. The maximum absolute atomic E-state index is 13.8. The number of rotatable bonds is 5. The second kappa shape index (κ2) is 7.98. The Labute approximate surface area is 178 Å². The highest BCUT2D eigenvalue weighted by molar-refractivity contribution is 7.89. The molecule has 1 saturated heterocycles. The zero-order valence-corrected chi connectivity index (χ0v) is 17.5. The first kappa shape index (κ1) is 20.8. The van der Waals surface area contributed by atoms with E-state index in [1.165, 1.54) is 41.1 Å². The zero-order valence-electron chi connectivity index (χ0n) is 16.0. The molecule has 0 radical (unpaired) electrons. The van der Waals surface area contributed by atoms with Crippen LogP contribution in [0.15, 0.2) is 60.0 Å². The summed E-state index contributed by atoms with van der Waals surface area (Å²) in [6, 6.07) is 9.60. The lowest BCUT2D eigenvalue weighted by molar-refractivity contribution is 0.468. The van der Waals surface area contributed by atoms with Crippen LogP contribution in [0.4, 0.5) is 14.5 Å². The average Bonchev–Trinajstić information content (AvgIpc) is 3.29. The van der Waals surface area contributed by atoms with Gasteiger partial charge in [-0.05, 0) is 35.9 Å². The molecular formula is C20H19ClF2N4O2S. The first-order valence-electron chi connectivity index (χ1n) is 9.18. The Morgan fingerprint density at radius 3 is 2.47 bits per heavy atom. The van der Waals surface area contributed by atoms with E-state index in [2.05, 4.69) is 10.3 Å². The van der Waals surface area contributed by atoms with E-state index in [0.717, 1.165) is 5.56 Å². The summed E-state index contributed by atoms with van der Waals surface area (Å²) < 4.78 is 56.2. The van der Waals surface area contributed by atoms with Crippen LogP contribution in [0.25, 0.3) is 0 Å². The van der Waals surface area contributed by atoms with E-state index < -0.39 is 15.8 Å². The van der Waals surface area contributed by atoms with E-state index in [9.17, 15) is 17.2 Å². The van der Waals surface area contributed by atoms with Gasteiger partial charge in [0.05, 0.1) is 6.33 Å². The lowest BCUT2D eigenvalue weighted by Crippen LogP contribution is -2.32. The monoisotopic (exact) mass is 452 g/mol. The zero-order chi connectivity index (χ0) is 21.5. The number of nitrogens with zero attached hydrogens (tertiary/aromatic N) is 3. The highest BCUT2D eigenvalue weighted by Gasteiger charge is 2.41. The molecule has 4 rings (SSSR count). The second-order valence-electron chi connectivity index (χ2n) is 7.27. The van der Waals surface area contributed by atoms with Crippen LogP contribution >= 0.6 is 11.6 Å². The molecule has 0 saturated carbocycles. The van der Waals surface area contributed by atoms with Crippen LogP contribution < -0.4 is 5.32 Å². The Morgan fingerprint density at radius 2 is 1.83 bits per heavy atom. The standard InChI is InChI=1S/C20H19ClF2N4O2S/c1-26-11-20(24-12-26)30(28,29)27-9-18(13-2-4-15(22)5-3-13)19(10-27)25-17-7-14(21)6-16(23)8-17/h2-8,11-12,18-19,25H,9-10H2,1H3/t18-,19+/m1/s1. The minimum Gasteiger partial charge on any atom is -0.380 e. The third kappa shape index (κ3) is 4.19.